The number of aliphatic hydroxyl groups is 1. The van der Waals surface area contributed by atoms with Gasteiger partial charge in [0.2, 0.25) is 11.8 Å². The molecular formula is C17H24N2O3. The Hall–Kier alpha value is -1.88. The molecule has 0 aromatic heterocycles. The Kier molecular flexibility index (Phi) is 5.55. The summed E-state index contributed by atoms with van der Waals surface area (Å²) in [4.78, 5) is 23.4. The first-order chi connectivity index (χ1) is 10.5. The summed E-state index contributed by atoms with van der Waals surface area (Å²) < 4.78 is 0. The second-order valence-electron chi connectivity index (χ2n) is 6.20. The summed E-state index contributed by atoms with van der Waals surface area (Å²) in [6.45, 7) is 2.61. The third-order valence-electron chi connectivity index (χ3n) is 4.16. The fourth-order valence-corrected chi connectivity index (χ4v) is 2.20. The molecule has 0 spiro atoms. The molecule has 3 N–H and O–H groups in total. The lowest BCUT2D eigenvalue weighted by molar-refractivity contribution is -0.126. The van der Waals surface area contributed by atoms with Gasteiger partial charge in [0.05, 0.1) is 13.2 Å². The maximum absolute atomic E-state index is 11.7. The minimum absolute atomic E-state index is 0.00571. The summed E-state index contributed by atoms with van der Waals surface area (Å²) in [7, 11) is 0. The van der Waals surface area contributed by atoms with Crippen molar-refractivity contribution in [3.8, 4) is 0 Å². The molecule has 0 radical (unpaired) electrons. The molecule has 1 fully saturated rings. The second kappa shape index (κ2) is 7.40. The summed E-state index contributed by atoms with van der Waals surface area (Å²) >= 11 is 0. The predicted molar refractivity (Wildman–Crippen MR) is 84.3 cm³/mol. The first kappa shape index (κ1) is 16.5. The number of aliphatic hydroxyl groups excluding tert-OH is 1. The maximum atomic E-state index is 11.7. The van der Waals surface area contributed by atoms with Crippen LogP contribution in [-0.2, 0) is 16.0 Å². The van der Waals surface area contributed by atoms with E-state index in [0.29, 0.717) is 19.4 Å². The van der Waals surface area contributed by atoms with E-state index < -0.39 is 0 Å². The molecule has 0 heterocycles. The van der Waals surface area contributed by atoms with Gasteiger partial charge >= 0.3 is 0 Å². The lowest BCUT2D eigenvalue weighted by Gasteiger charge is -2.13. The van der Waals surface area contributed by atoms with Gasteiger partial charge in [0, 0.05) is 18.4 Å². The zero-order valence-electron chi connectivity index (χ0n) is 13.0. The Morgan fingerprint density at radius 3 is 2.41 bits per heavy atom. The number of carbonyl (C=O) groups is 2. The molecule has 0 atom stereocenters. The van der Waals surface area contributed by atoms with E-state index in [1.54, 1.807) is 0 Å². The Morgan fingerprint density at radius 1 is 1.14 bits per heavy atom. The number of hydrogen-bond acceptors (Lipinski definition) is 3. The van der Waals surface area contributed by atoms with Crippen LogP contribution in [0.15, 0.2) is 24.3 Å². The molecule has 0 unspecified atom stereocenters. The van der Waals surface area contributed by atoms with Gasteiger partial charge in [-0.3, -0.25) is 9.59 Å². The Bertz CT molecular complexity index is 521. The van der Waals surface area contributed by atoms with Crippen LogP contribution in [0, 0.1) is 12.3 Å². The van der Waals surface area contributed by atoms with E-state index >= 15 is 0 Å². The van der Waals surface area contributed by atoms with Crippen molar-refractivity contribution in [3.63, 3.8) is 0 Å². The highest BCUT2D eigenvalue weighted by atomic mass is 16.3. The lowest BCUT2D eigenvalue weighted by Crippen LogP contribution is -2.40. The molecule has 2 rings (SSSR count). The van der Waals surface area contributed by atoms with Crippen molar-refractivity contribution in [3.05, 3.63) is 35.4 Å². The van der Waals surface area contributed by atoms with E-state index in [1.807, 2.05) is 31.2 Å². The number of amides is 2. The van der Waals surface area contributed by atoms with Gasteiger partial charge in [0.15, 0.2) is 0 Å². The normalized spacial score (nSPS) is 15.2. The Balaban J connectivity index is 1.60. The van der Waals surface area contributed by atoms with Crippen LogP contribution < -0.4 is 10.6 Å². The molecular weight excluding hydrogens is 280 g/mol. The number of hydrogen-bond donors (Lipinski definition) is 3. The zero-order valence-corrected chi connectivity index (χ0v) is 13.0. The van der Waals surface area contributed by atoms with Crippen LogP contribution in [0.4, 0.5) is 0 Å². The van der Waals surface area contributed by atoms with Crippen molar-refractivity contribution in [1.29, 1.82) is 0 Å². The number of benzene rings is 1. The van der Waals surface area contributed by atoms with E-state index in [1.165, 1.54) is 5.56 Å². The number of nitrogens with one attached hydrogen (secondary N) is 2. The largest absolute Gasteiger partial charge is 0.396 e. The average Bonchev–Trinajstić information content (AvgIpc) is 3.31. The number of rotatable bonds is 8. The lowest BCUT2D eigenvalue weighted by atomic mass is 10.1. The monoisotopic (exact) mass is 304 g/mol. The van der Waals surface area contributed by atoms with Crippen LogP contribution in [0.5, 0.6) is 0 Å². The predicted octanol–water partition coefficient (Wildman–Crippen LogP) is 0.933. The molecule has 120 valence electrons. The van der Waals surface area contributed by atoms with Crippen molar-refractivity contribution < 1.29 is 14.7 Å². The van der Waals surface area contributed by atoms with Gasteiger partial charge in [-0.2, -0.15) is 0 Å². The molecule has 2 amide bonds. The number of carbonyl (C=O) groups excluding carboxylic acids is 2. The van der Waals surface area contributed by atoms with Gasteiger partial charge < -0.3 is 15.7 Å². The summed E-state index contributed by atoms with van der Waals surface area (Å²) in [6.07, 6.45) is 2.94. The molecule has 5 heteroatoms. The topological polar surface area (TPSA) is 78.4 Å². The Morgan fingerprint density at radius 2 is 1.82 bits per heavy atom. The molecule has 0 saturated heterocycles. The van der Waals surface area contributed by atoms with Crippen molar-refractivity contribution in [1.82, 2.24) is 10.6 Å². The van der Waals surface area contributed by atoms with Crippen LogP contribution in [0.1, 0.15) is 30.4 Å². The van der Waals surface area contributed by atoms with Crippen LogP contribution in [0.3, 0.4) is 0 Å². The molecule has 5 nitrogen and oxygen atoms in total. The SMILES string of the molecule is Cc1ccc(CCC(=O)NCC(=O)NCC2(CO)CC2)cc1. The van der Waals surface area contributed by atoms with Crippen LogP contribution in [0.2, 0.25) is 0 Å². The highest BCUT2D eigenvalue weighted by Crippen LogP contribution is 2.44. The fraction of sp³-hybridized carbons (Fsp3) is 0.529. The first-order valence-electron chi connectivity index (χ1n) is 7.73. The molecule has 0 bridgehead atoms. The summed E-state index contributed by atoms with van der Waals surface area (Å²) in [6, 6.07) is 8.07. The van der Waals surface area contributed by atoms with E-state index in [0.717, 1.165) is 18.4 Å². The highest BCUT2D eigenvalue weighted by molar-refractivity contribution is 5.84. The van der Waals surface area contributed by atoms with Crippen molar-refractivity contribution in [2.24, 2.45) is 5.41 Å². The van der Waals surface area contributed by atoms with E-state index in [-0.39, 0.29) is 30.4 Å². The minimum atomic E-state index is -0.205. The molecule has 0 aliphatic heterocycles. The van der Waals surface area contributed by atoms with E-state index in [9.17, 15) is 9.59 Å². The quantitative estimate of drug-likeness (QED) is 0.668. The second-order valence-corrected chi connectivity index (χ2v) is 6.20. The van der Waals surface area contributed by atoms with Crippen LogP contribution in [0.25, 0.3) is 0 Å². The van der Waals surface area contributed by atoms with Gasteiger partial charge in [0.25, 0.3) is 0 Å². The van der Waals surface area contributed by atoms with Crippen molar-refractivity contribution in [2.75, 3.05) is 19.7 Å². The smallest absolute Gasteiger partial charge is 0.239 e. The maximum Gasteiger partial charge on any atom is 0.239 e. The summed E-state index contributed by atoms with van der Waals surface area (Å²) in [5.41, 5.74) is 2.20. The zero-order chi connectivity index (χ0) is 16.0. The average molecular weight is 304 g/mol. The van der Waals surface area contributed by atoms with Gasteiger partial charge in [0.1, 0.15) is 0 Å². The number of aryl methyl sites for hydroxylation is 2. The molecule has 22 heavy (non-hydrogen) atoms. The molecule has 1 aromatic carbocycles. The first-order valence-corrected chi connectivity index (χ1v) is 7.73. The van der Waals surface area contributed by atoms with E-state index in [4.69, 9.17) is 5.11 Å². The van der Waals surface area contributed by atoms with Crippen LogP contribution >= 0.6 is 0 Å². The minimum Gasteiger partial charge on any atom is -0.396 e. The van der Waals surface area contributed by atoms with Gasteiger partial charge in [-0.15, -0.1) is 0 Å². The molecule has 1 aliphatic rings. The summed E-state index contributed by atoms with van der Waals surface area (Å²) in [5, 5.41) is 14.5. The van der Waals surface area contributed by atoms with E-state index in [2.05, 4.69) is 10.6 Å². The van der Waals surface area contributed by atoms with Gasteiger partial charge in [-0.05, 0) is 31.7 Å². The van der Waals surface area contributed by atoms with Crippen molar-refractivity contribution in [2.45, 2.75) is 32.6 Å². The summed E-state index contributed by atoms with van der Waals surface area (Å²) in [5.74, 6) is -0.331. The standard InChI is InChI=1S/C17H24N2O3/c1-13-2-4-14(5-3-13)6-7-15(21)18-10-16(22)19-11-17(12-20)8-9-17/h2-5,20H,6-12H2,1H3,(H,18,21)(H,19,22). The van der Waals surface area contributed by atoms with Crippen LogP contribution in [-0.4, -0.2) is 36.6 Å². The highest BCUT2D eigenvalue weighted by Gasteiger charge is 2.41. The molecule has 1 aromatic rings. The molecule has 1 aliphatic carbocycles. The third kappa shape index (κ3) is 5.15. The fourth-order valence-electron chi connectivity index (χ4n) is 2.20. The Labute approximate surface area is 131 Å². The van der Waals surface area contributed by atoms with Crippen molar-refractivity contribution >= 4 is 11.8 Å². The third-order valence-corrected chi connectivity index (χ3v) is 4.16. The molecule has 1 saturated carbocycles. The van der Waals surface area contributed by atoms with Gasteiger partial charge in [-0.1, -0.05) is 29.8 Å². The van der Waals surface area contributed by atoms with Gasteiger partial charge in [-0.25, -0.2) is 0 Å².